The lowest BCUT2D eigenvalue weighted by molar-refractivity contribution is 0.373. The van der Waals surface area contributed by atoms with Crippen molar-refractivity contribution < 1.29 is 0 Å². The van der Waals surface area contributed by atoms with E-state index in [0.717, 1.165) is 87.3 Å². The highest BCUT2D eigenvalue weighted by Crippen LogP contribution is 2.45. The van der Waals surface area contributed by atoms with Crippen LogP contribution >= 0.6 is 11.6 Å². The second-order valence-electron chi connectivity index (χ2n) is 9.79. The lowest BCUT2D eigenvalue weighted by Gasteiger charge is -2.41. The molecule has 0 saturated carbocycles. The van der Waals surface area contributed by atoms with Crippen LogP contribution in [0.2, 0.25) is 5.02 Å². The number of nitrogens with zero attached hydrogens (tertiary/aromatic N) is 5. The molecule has 0 spiro atoms. The van der Waals surface area contributed by atoms with Crippen LogP contribution in [0.15, 0.2) is 74.2 Å². The van der Waals surface area contributed by atoms with Crippen molar-refractivity contribution in [3.05, 3.63) is 113 Å². The van der Waals surface area contributed by atoms with Gasteiger partial charge in [0, 0.05) is 66.8 Å². The molecule has 0 amide bonds. The van der Waals surface area contributed by atoms with E-state index in [-0.39, 0.29) is 0 Å². The Balaban J connectivity index is 1.80. The van der Waals surface area contributed by atoms with E-state index in [9.17, 15) is 0 Å². The molecule has 0 aliphatic carbocycles. The molecule has 4 rings (SSSR count). The van der Waals surface area contributed by atoms with Gasteiger partial charge in [0.05, 0.1) is 17.1 Å². The first kappa shape index (κ1) is 27.3. The van der Waals surface area contributed by atoms with Crippen molar-refractivity contribution in [2.45, 2.75) is 34.1 Å². The SMILES string of the molecule is C=C(c1ccc2c(c1C)C(=C)N(c1cccc(Cl)c1)C(=C)N2C)c1c(C)nn(C)c1CC(=C)N(CC)CC. The monoisotopic (exact) mass is 527 g/mol. The average Bonchev–Trinajstić information content (AvgIpc) is 3.15. The highest BCUT2D eigenvalue weighted by molar-refractivity contribution is 6.30. The molecule has 0 radical (unpaired) electrons. The summed E-state index contributed by atoms with van der Waals surface area (Å²) in [7, 11) is 4.03. The fraction of sp³-hybridized carbons (Fsp3) is 0.281. The highest BCUT2D eigenvalue weighted by Gasteiger charge is 2.31. The first-order valence-corrected chi connectivity index (χ1v) is 13.4. The van der Waals surface area contributed by atoms with Gasteiger partial charge in [-0.3, -0.25) is 9.58 Å². The fourth-order valence-corrected chi connectivity index (χ4v) is 5.74. The molecule has 3 aromatic rings. The molecule has 0 saturated heterocycles. The summed E-state index contributed by atoms with van der Waals surface area (Å²) >= 11 is 6.34. The molecule has 6 heteroatoms. The number of allylic oxidation sites excluding steroid dienone is 1. The van der Waals surface area contributed by atoms with Gasteiger partial charge in [-0.15, -0.1) is 0 Å². The highest BCUT2D eigenvalue weighted by atomic mass is 35.5. The predicted molar refractivity (Wildman–Crippen MR) is 164 cm³/mol. The van der Waals surface area contributed by atoms with Crippen LogP contribution in [-0.2, 0) is 13.5 Å². The van der Waals surface area contributed by atoms with Gasteiger partial charge in [-0.2, -0.15) is 5.10 Å². The van der Waals surface area contributed by atoms with Crippen molar-refractivity contribution in [1.82, 2.24) is 14.7 Å². The Bertz CT molecular complexity index is 1460. The van der Waals surface area contributed by atoms with Gasteiger partial charge in [0.2, 0.25) is 0 Å². The van der Waals surface area contributed by atoms with Crippen LogP contribution in [0.4, 0.5) is 11.4 Å². The van der Waals surface area contributed by atoms with Crippen LogP contribution in [0, 0.1) is 13.8 Å². The number of aromatic nitrogens is 2. The Morgan fingerprint density at radius 2 is 1.71 bits per heavy atom. The molecular formula is C32H38ClN5. The second kappa shape index (κ2) is 10.6. The molecule has 1 aromatic heterocycles. The molecule has 5 nitrogen and oxygen atoms in total. The fourth-order valence-electron chi connectivity index (χ4n) is 5.56. The van der Waals surface area contributed by atoms with Gasteiger partial charge >= 0.3 is 0 Å². The summed E-state index contributed by atoms with van der Waals surface area (Å²) in [5.74, 6) is 0.816. The van der Waals surface area contributed by atoms with Crippen molar-refractivity contribution in [1.29, 1.82) is 0 Å². The van der Waals surface area contributed by atoms with Crippen molar-refractivity contribution in [2.75, 3.05) is 29.9 Å². The molecule has 38 heavy (non-hydrogen) atoms. The normalized spacial score (nSPS) is 13.1. The van der Waals surface area contributed by atoms with E-state index in [4.69, 9.17) is 16.7 Å². The van der Waals surface area contributed by atoms with Gasteiger partial charge in [-0.05, 0) is 68.7 Å². The van der Waals surface area contributed by atoms with E-state index in [2.05, 4.69) is 80.8 Å². The summed E-state index contributed by atoms with van der Waals surface area (Å²) in [6, 6.07) is 12.1. The van der Waals surface area contributed by atoms with Crippen molar-refractivity contribution in [2.24, 2.45) is 7.05 Å². The summed E-state index contributed by atoms with van der Waals surface area (Å²) in [4.78, 5) is 6.44. The van der Waals surface area contributed by atoms with Crippen LogP contribution < -0.4 is 9.80 Å². The van der Waals surface area contributed by atoms with Gasteiger partial charge in [-0.25, -0.2) is 0 Å². The number of hydrogen-bond acceptors (Lipinski definition) is 4. The summed E-state index contributed by atoms with van der Waals surface area (Å²) in [6.45, 7) is 28.2. The van der Waals surface area contributed by atoms with Crippen LogP contribution in [-0.4, -0.2) is 34.8 Å². The number of benzene rings is 2. The molecular weight excluding hydrogens is 490 g/mol. The maximum atomic E-state index is 6.34. The molecule has 0 bridgehead atoms. The summed E-state index contributed by atoms with van der Waals surface area (Å²) < 4.78 is 1.97. The number of rotatable bonds is 8. The minimum absolute atomic E-state index is 0.668. The molecule has 0 N–H and O–H groups in total. The van der Waals surface area contributed by atoms with Gasteiger partial charge in [-0.1, -0.05) is 50.0 Å². The molecule has 0 fully saturated rings. The Kier molecular flexibility index (Phi) is 7.61. The zero-order valence-corrected chi connectivity index (χ0v) is 24.3. The summed E-state index contributed by atoms with van der Waals surface area (Å²) in [5, 5.41) is 5.44. The van der Waals surface area contributed by atoms with Crippen LogP contribution in [0.1, 0.15) is 47.5 Å². The Morgan fingerprint density at radius 1 is 1.03 bits per heavy atom. The maximum Gasteiger partial charge on any atom is 0.110 e. The zero-order chi connectivity index (χ0) is 27.9. The lowest BCUT2D eigenvalue weighted by atomic mass is 9.88. The molecule has 2 aromatic carbocycles. The maximum absolute atomic E-state index is 6.34. The van der Waals surface area contributed by atoms with Crippen LogP contribution in [0.5, 0.6) is 0 Å². The number of likely N-dealkylation sites (N-methyl/N-ethyl adjacent to an activating group) is 1. The van der Waals surface area contributed by atoms with E-state index in [0.29, 0.717) is 5.02 Å². The topological polar surface area (TPSA) is 27.5 Å². The van der Waals surface area contributed by atoms with Gasteiger partial charge in [0.25, 0.3) is 0 Å². The third-order valence-corrected chi connectivity index (χ3v) is 7.86. The van der Waals surface area contributed by atoms with E-state index in [1.807, 2.05) is 43.0 Å². The molecule has 0 atom stereocenters. The number of anilines is 2. The quantitative estimate of drug-likeness (QED) is 0.302. The molecule has 198 valence electrons. The molecule has 1 aliphatic rings. The Labute approximate surface area is 232 Å². The number of halogens is 1. The van der Waals surface area contributed by atoms with Crippen LogP contribution in [0.25, 0.3) is 11.3 Å². The first-order chi connectivity index (χ1) is 18.0. The van der Waals surface area contributed by atoms with Crippen LogP contribution in [0.3, 0.4) is 0 Å². The van der Waals surface area contributed by atoms with Crippen molar-refractivity contribution in [3.63, 3.8) is 0 Å². The Hall–Kier alpha value is -3.70. The van der Waals surface area contributed by atoms with E-state index in [1.54, 1.807) is 0 Å². The smallest absolute Gasteiger partial charge is 0.110 e. The lowest BCUT2D eigenvalue weighted by Crippen LogP contribution is -2.36. The van der Waals surface area contributed by atoms with Crippen molar-refractivity contribution >= 4 is 34.2 Å². The predicted octanol–water partition coefficient (Wildman–Crippen LogP) is 7.55. The molecule has 0 unspecified atom stereocenters. The number of fused-ring (bicyclic) bond motifs is 1. The second-order valence-corrected chi connectivity index (χ2v) is 10.2. The zero-order valence-electron chi connectivity index (χ0n) is 23.5. The first-order valence-electron chi connectivity index (χ1n) is 13.0. The standard InChI is InChI=1S/C32H38ClN5/c1-11-37(12-2)20(3)18-30-31(23(6)34-36(30)10)21(4)28-16-17-29-32(22(28)5)24(7)38(25(8)35(29)9)27-15-13-14-26(33)19-27/h13-17,19H,3-4,7-8,11-12,18H2,1-2,5-6,9-10H3. The van der Waals surface area contributed by atoms with Crippen molar-refractivity contribution in [3.8, 4) is 0 Å². The van der Waals surface area contributed by atoms with Gasteiger partial charge in [0.1, 0.15) is 5.82 Å². The Morgan fingerprint density at radius 3 is 2.34 bits per heavy atom. The molecule has 1 aliphatic heterocycles. The third-order valence-electron chi connectivity index (χ3n) is 7.62. The number of hydrogen-bond donors (Lipinski definition) is 0. The minimum Gasteiger partial charge on any atom is -0.376 e. The van der Waals surface area contributed by atoms with Gasteiger partial charge in [0.15, 0.2) is 0 Å². The largest absolute Gasteiger partial charge is 0.376 e. The van der Waals surface area contributed by atoms with Gasteiger partial charge < -0.3 is 9.80 Å². The molecule has 2 heterocycles. The summed E-state index contributed by atoms with van der Waals surface area (Å²) in [6.07, 6.45) is 0.717. The minimum atomic E-state index is 0.668. The number of aryl methyl sites for hydroxylation is 2. The third kappa shape index (κ3) is 4.56. The van der Waals surface area contributed by atoms with E-state index in [1.165, 1.54) is 0 Å². The average molecular weight is 528 g/mol. The summed E-state index contributed by atoms with van der Waals surface area (Å²) in [5.41, 5.74) is 11.3. The van der Waals surface area contributed by atoms with E-state index >= 15 is 0 Å². The van der Waals surface area contributed by atoms with E-state index < -0.39 is 0 Å².